The lowest BCUT2D eigenvalue weighted by molar-refractivity contribution is 1.17. The lowest BCUT2D eigenvalue weighted by Crippen LogP contribution is -2.14. The van der Waals surface area contributed by atoms with Crippen LogP contribution in [0.15, 0.2) is 54.6 Å². The van der Waals surface area contributed by atoms with Gasteiger partial charge in [0.15, 0.2) is 0 Å². The predicted molar refractivity (Wildman–Crippen MR) is 110 cm³/mol. The summed E-state index contributed by atoms with van der Waals surface area (Å²) in [5, 5.41) is 0. The number of benzene rings is 3. The van der Waals surface area contributed by atoms with Crippen LogP contribution in [0.5, 0.6) is 0 Å². The van der Waals surface area contributed by atoms with Crippen LogP contribution in [0.3, 0.4) is 0 Å². The molecule has 25 heavy (non-hydrogen) atoms. The van der Waals surface area contributed by atoms with Crippen LogP contribution in [0.2, 0.25) is 0 Å². The molecule has 1 heteroatoms. The molecule has 0 fully saturated rings. The first-order valence-electron chi connectivity index (χ1n) is 8.89. The number of nitrogens with zero attached hydrogens (tertiary/aromatic N) is 1. The van der Waals surface area contributed by atoms with Gasteiger partial charge >= 0.3 is 0 Å². The Bertz CT molecular complexity index is 850. The van der Waals surface area contributed by atoms with Crippen LogP contribution in [0.25, 0.3) is 0 Å². The maximum absolute atomic E-state index is 2.41. The fourth-order valence-electron chi connectivity index (χ4n) is 3.48. The third-order valence-corrected chi connectivity index (χ3v) is 5.06. The maximum atomic E-state index is 2.41. The van der Waals surface area contributed by atoms with E-state index in [1.165, 1.54) is 50.4 Å². The van der Waals surface area contributed by atoms with Crippen molar-refractivity contribution in [1.82, 2.24) is 0 Å². The van der Waals surface area contributed by atoms with E-state index in [0.717, 1.165) is 0 Å². The van der Waals surface area contributed by atoms with Crippen molar-refractivity contribution >= 4 is 17.1 Å². The SMILES string of the molecule is Cc1cc(C)c(C)c(N(c2ccccc2)c2cc(C)cc(C)c2C)c1. The summed E-state index contributed by atoms with van der Waals surface area (Å²) in [6.07, 6.45) is 0. The molecule has 3 aromatic rings. The van der Waals surface area contributed by atoms with Crippen molar-refractivity contribution in [1.29, 1.82) is 0 Å². The van der Waals surface area contributed by atoms with Gasteiger partial charge in [-0.15, -0.1) is 0 Å². The van der Waals surface area contributed by atoms with Gasteiger partial charge in [0.1, 0.15) is 0 Å². The normalized spacial score (nSPS) is 10.8. The third-order valence-electron chi connectivity index (χ3n) is 5.06. The summed E-state index contributed by atoms with van der Waals surface area (Å²) >= 11 is 0. The second-order valence-electron chi connectivity index (χ2n) is 7.12. The molecule has 0 aliphatic rings. The summed E-state index contributed by atoms with van der Waals surface area (Å²) in [6.45, 7) is 13.2. The minimum absolute atomic E-state index is 1.20. The first-order valence-corrected chi connectivity index (χ1v) is 8.89. The second-order valence-corrected chi connectivity index (χ2v) is 7.12. The van der Waals surface area contributed by atoms with Crippen LogP contribution >= 0.6 is 0 Å². The molecule has 1 nitrogen and oxygen atoms in total. The Kier molecular flexibility index (Phi) is 4.67. The van der Waals surface area contributed by atoms with E-state index in [4.69, 9.17) is 0 Å². The van der Waals surface area contributed by atoms with Crippen molar-refractivity contribution in [3.63, 3.8) is 0 Å². The van der Waals surface area contributed by atoms with Gasteiger partial charge in [-0.3, -0.25) is 0 Å². The van der Waals surface area contributed by atoms with E-state index in [1.54, 1.807) is 0 Å². The van der Waals surface area contributed by atoms with Gasteiger partial charge in [0.05, 0.1) is 0 Å². The molecule has 128 valence electrons. The zero-order valence-electron chi connectivity index (χ0n) is 16.1. The molecule has 3 rings (SSSR count). The van der Waals surface area contributed by atoms with E-state index in [-0.39, 0.29) is 0 Å². The van der Waals surface area contributed by atoms with Crippen molar-refractivity contribution in [2.45, 2.75) is 41.5 Å². The summed E-state index contributed by atoms with van der Waals surface area (Å²) in [4.78, 5) is 2.41. The minimum atomic E-state index is 1.20. The summed E-state index contributed by atoms with van der Waals surface area (Å²) < 4.78 is 0. The van der Waals surface area contributed by atoms with E-state index in [9.17, 15) is 0 Å². The van der Waals surface area contributed by atoms with E-state index >= 15 is 0 Å². The van der Waals surface area contributed by atoms with Crippen LogP contribution in [0, 0.1) is 41.5 Å². The Labute approximate surface area is 151 Å². The van der Waals surface area contributed by atoms with Gasteiger partial charge in [0, 0.05) is 17.1 Å². The molecule has 3 aromatic carbocycles. The molecule has 0 spiro atoms. The second kappa shape index (κ2) is 6.76. The van der Waals surface area contributed by atoms with Gasteiger partial charge < -0.3 is 4.90 Å². The average Bonchev–Trinajstić information content (AvgIpc) is 2.57. The van der Waals surface area contributed by atoms with Crippen LogP contribution < -0.4 is 4.90 Å². The molecule has 0 aromatic heterocycles. The lowest BCUT2D eigenvalue weighted by Gasteiger charge is -2.30. The van der Waals surface area contributed by atoms with Gasteiger partial charge in [-0.2, -0.15) is 0 Å². The van der Waals surface area contributed by atoms with Gasteiger partial charge in [-0.1, -0.05) is 30.3 Å². The first kappa shape index (κ1) is 17.3. The van der Waals surface area contributed by atoms with Crippen molar-refractivity contribution in [3.05, 3.63) is 88.0 Å². The largest absolute Gasteiger partial charge is 0.310 e. The van der Waals surface area contributed by atoms with Crippen LogP contribution in [-0.4, -0.2) is 0 Å². The molecule has 0 bridgehead atoms. The van der Waals surface area contributed by atoms with Crippen molar-refractivity contribution in [2.75, 3.05) is 4.90 Å². The Balaban J connectivity index is 2.34. The highest BCUT2D eigenvalue weighted by Gasteiger charge is 2.18. The maximum Gasteiger partial charge on any atom is 0.0496 e. The van der Waals surface area contributed by atoms with Crippen LogP contribution in [-0.2, 0) is 0 Å². The molecule has 0 N–H and O–H groups in total. The zero-order chi connectivity index (χ0) is 18.1. The number of aryl methyl sites for hydroxylation is 4. The molecular weight excluding hydrogens is 302 g/mol. The molecule has 0 aliphatic heterocycles. The first-order chi connectivity index (χ1) is 11.9. The van der Waals surface area contributed by atoms with E-state index in [1.807, 2.05) is 0 Å². The monoisotopic (exact) mass is 329 g/mol. The molecule has 0 amide bonds. The Hall–Kier alpha value is -2.54. The molecule has 0 saturated carbocycles. The van der Waals surface area contributed by atoms with Crippen LogP contribution in [0.4, 0.5) is 17.1 Å². The number of anilines is 3. The highest BCUT2D eigenvalue weighted by Crippen LogP contribution is 2.40. The van der Waals surface area contributed by atoms with Crippen molar-refractivity contribution in [3.8, 4) is 0 Å². The molecule has 0 radical (unpaired) electrons. The molecule has 0 aliphatic carbocycles. The number of hydrogen-bond acceptors (Lipinski definition) is 1. The van der Waals surface area contributed by atoms with Gasteiger partial charge in [0.2, 0.25) is 0 Å². The Morgan fingerprint density at radius 2 is 1.00 bits per heavy atom. The standard InChI is InChI=1S/C24H27N/c1-16-12-18(3)20(5)23(14-16)25(22-10-8-7-9-11-22)24-15-17(2)13-19(4)21(24)6/h7-15H,1-6H3. The topological polar surface area (TPSA) is 3.24 Å². The minimum Gasteiger partial charge on any atom is -0.310 e. The van der Waals surface area contributed by atoms with Gasteiger partial charge in [0.25, 0.3) is 0 Å². The van der Waals surface area contributed by atoms with Crippen LogP contribution in [0.1, 0.15) is 33.4 Å². The van der Waals surface area contributed by atoms with Crippen molar-refractivity contribution in [2.24, 2.45) is 0 Å². The van der Waals surface area contributed by atoms with Gasteiger partial charge in [-0.25, -0.2) is 0 Å². The predicted octanol–water partition coefficient (Wildman–Crippen LogP) is 7.01. The van der Waals surface area contributed by atoms with Gasteiger partial charge in [-0.05, 0) is 99.2 Å². The Morgan fingerprint density at radius 3 is 1.44 bits per heavy atom. The smallest absolute Gasteiger partial charge is 0.0496 e. The molecule has 0 atom stereocenters. The summed E-state index contributed by atoms with van der Waals surface area (Å²) in [5.41, 5.74) is 11.6. The third kappa shape index (κ3) is 3.32. The average molecular weight is 329 g/mol. The summed E-state index contributed by atoms with van der Waals surface area (Å²) in [6, 6.07) is 19.8. The highest BCUT2D eigenvalue weighted by atomic mass is 15.1. The number of para-hydroxylation sites is 1. The number of rotatable bonds is 3. The number of hydrogen-bond donors (Lipinski definition) is 0. The van der Waals surface area contributed by atoms with E-state index in [0.29, 0.717) is 0 Å². The summed E-state index contributed by atoms with van der Waals surface area (Å²) in [5.74, 6) is 0. The molecule has 0 heterocycles. The molecule has 0 unspecified atom stereocenters. The fraction of sp³-hybridized carbons (Fsp3) is 0.250. The highest BCUT2D eigenvalue weighted by molar-refractivity contribution is 5.81. The lowest BCUT2D eigenvalue weighted by atomic mass is 9.99. The fourth-order valence-corrected chi connectivity index (χ4v) is 3.48. The quantitative estimate of drug-likeness (QED) is 0.499. The molecule has 0 saturated heterocycles. The molecular formula is C24H27N. The zero-order valence-corrected chi connectivity index (χ0v) is 16.1. The van der Waals surface area contributed by atoms with E-state index < -0.39 is 0 Å². The summed E-state index contributed by atoms with van der Waals surface area (Å²) in [7, 11) is 0. The van der Waals surface area contributed by atoms with E-state index in [2.05, 4.69) is 101 Å². The van der Waals surface area contributed by atoms with Crippen molar-refractivity contribution < 1.29 is 0 Å². The Morgan fingerprint density at radius 1 is 0.560 bits per heavy atom.